The largest absolute Gasteiger partial charge is 0.328 e. The summed E-state index contributed by atoms with van der Waals surface area (Å²) in [6.07, 6.45) is 5.64. The van der Waals surface area contributed by atoms with E-state index in [1.54, 1.807) is 4.90 Å². The van der Waals surface area contributed by atoms with Gasteiger partial charge in [-0.1, -0.05) is 0 Å². The summed E-state index contributed by atoms with van der Waals surface area (Å²) in [4.78, 5) is 23.7. The predicted octanol–water partition coefficient (Wildman–Crippen LogP) is 1.04. The maximum Gasteiger partial charge on any atom is 0.319 e. The normalized spacial score (nSPS) is 15.5. The van der Waals surface area contributed by atoms with Crippen LogP contribution in [-0.4, -0.2) is 52.5 Å². The summed E-state index contributed by atoms with van der Waals surface area (Å²) in [6.45, 7) is 2.40. The van der Waals surface area contributed by atoms with E-state index >= 15 is 0 Å². The fourth-order valence-corrected chi connectivity index (χ4v) is 2.11. The molecule has 0 atom stereocenters. The van der Waals surface area contributed by atoms with Gasteiger partial charge in [-0.25, -0.2) is 14.8 Å². The Hall–Kier alpha value is -2.16. The molecule has 100 valence electrons. The topological polar surface area (TPSA) is 73.1 Å². The molecule has 6 heteroatoms. The van der Waals surface area contributed by atoms with Gasteiger partial charge in [-0.15, -0.1) is 0 Å². The van der Waals surface area contributed by atoms with Crippen molar-refractivity contribution < 1.29 is 4.79 Å². The Morgan fingerprint density at radius 1 is 1.37 bits per heavy atom. The lowest BCUT2D eigenvalue weighted by atomic mass is 10.2. The summed E-state index contributed by atoms with van der Waals surface area (Å²) in [5, 5.41) is 8.65. The molecule has 0 saturated carbocycles. The number of rotatable bonds is 4. The van der Waals surface area contributed by atoms with Gasteiger partial charge >= 0.3 is 6.03 Å². The van der Waals surface area contributed by atoms with Crippen LogP contribution in [-0.2, 0) is 6.42 Å². The van der Waals surface area contributed by atoms with E-state index in [9.17, 15) is 4.79 Å². The Balaban J connectivity index is 1.79. The van der Waals surface area contributed by atoms with E-state index in [-0.39, 0.29) is 6.03 Å². The van der Waals surface area contributed by atoms with Gasteiger partial charge < -0.3 is 9.80 Å². The molecule has 2 rings (SSSR count). The monoisotopic (exact) mass is 259 g/mol. The van der Waals surface area contributed by atoms with Crippen molar-refractivity contribution in [2.45, 2.75) is 19.3 Å². The van der Waals surface area contributed by atoms with Crippen molar-refractivity contribution >= 4 is 6.03 Å². The molecule has 0 radical (unpaired) electrons. The quantitative estimate of drug-likeness (QED) is 0.809. The zero-order chi connectivity index (χ0) is 13.7. The van der Waals surface area contributed by atoms with Crippen LogP contribution in [0, 0.1) is 11.3 Å². The van der Waals surface area contributed by atoms with E-state index < -0.39 is 0 Å². The summed E-state index contributed by atoms with van der Waals surface area (Å²) in [6, 6.07) is 2.09. The number of hydrogen-bond acceptors (Lipinski definition) is 4. The van der Waals surface area contributed by atoms with Gasteiger partial charge in [0.25, 0.3) is 0 Å². The molecule has 6 nitrogen and oxygen atoms in total. The first-order chi connectivity index (χ1) is 9.20. The fraction of sp³-hybridized carbons (Fsp3) is 0.538. The van der Waals surface area contributed by atoms with E-state index in [1.165, 1.54) is 12.4 Å². The van der Waals surface area contributed by atoms with Crippen molar-refractivity contribution in [1.29, 1.82) is 5.26 Å². The van der Waals surface area contributed by atoms with Gasteiger partial charge in [0.05, 0.1) is 5.56 Å². The Bertz CT molecular complexity index is 479. The first kappa shape index (κ1) is 13.3. The summed E-state index contributed by atoms with van der Waals surface area (Å²) in [5.41, 5.74) is 0.469. The average molecular weight is 259 g/mol. The SMILES string of the molecule is CN1CCCN(CCCc2ncc(C#N)cn2)C1=O. The minimum atomic E-state index is 0.104. The number of hydrogen-bond donors (Lipinski definition) is 0. The molecule has 0 aliphatic carbocycles. The molecule has 0 aromatic carbocycles. The third kappa shape index (κ3) is 3.41. The molecule has 2 heterocycles. The Kier molecular flexibility index (Phi) is 4.29. The van der Waals surface area contributed by atoms with Gasteiger partial charge in [0.1, 0.15) is 11.9 Å². The van der Waals surface area contributed by atoms with E-state index in [2.05, 4.69) is 9.97 Å². The zero-order valence-corrected chi connectivity index (χ0v) is 11.0. The predicted molar refractivity (Wildman–Crippen MR) is 69.3 cm³/mol. The molecular weight excluding hydrogens is 242 g/mol. The third-order valence-electron chi connectivity index (χ3n) is 3.18. The van der Waals surface area contributed by atoms with Crippen LogP contribution < -0.4 is 0 Å². The number of carbonyl (C=O) groups is 1. The molecule has 19 heavy (non-hydrogen) atoms. The number of amides is 2. The summed E-state index contributed by atoms with van der Waals surface area (Å²) in [7, 11) is 1.83. The Labute approximate surface area is 112 Å². The smallest absolute Gasteiger partial charge is 0.319 e. The van der Waals surface area contributed by atoms with Crippen molar-refractivity contribution in [3.8, 4) is 6.07 Å². The average Bonchev–Trinajstić information content (AvgIpc) is 2.44. The highest BCUT2D eigenvalue weighted by Crippen LogP contribution is 2.08. The lowest BCUT2D eigenvalue weighted by molar-refractivity contribution is 0.140. The first-order valence-electron chi connectivity index (χ1n) is 6.42. The van der Waals surface area contributed by atoms with Crippen LogP contribution >= 0.6 is 0 Å². The summed E-state index contributed by atoms with van der Waals surface area (Å²) >= 11 is 0. The molecule has 0 bridgehead atoms. The van der Waals surface area contributed by atoms with Crippen LogP contribution in [0.5, 0.6) is 0 Å². The van der Waals surface area contributed by atoms with Crippen LogP contribution in [0.2, 0.25) is 0 Å². The fourth-order valence-electron chi connectivity index (χ4n) is 2.11. The first-order valence-corrected chi connectivity index (χ1v) is 6.42. The standard InChI is InChI=1S/C13H17N5O/c1-17-5-3-7-18(13(17)19)6-2-4-12-15-9-11(8-14)10-16-12/h9-10H,2-7H2,1H3. The minimum absolute atomic E-state index is 0.104. The second kappa shape index (κ2) is 6.14. The lowest BCUT2D eigenvalue weighted by Gasteiger charge is -2.33. The molecule has 1 aliphatic heterocycles. The van der Waals surface area contributed by atoms with Crippen LogP contribution in [0.3, 0.4) is 0 Å². The molecule has 1 aliphatic rings. The van der Waals surface area contributed by atoms with Crippen LogP contribution in [0.25, 0.3) is 0 Å². The highest BCUT2D eigenvalue weighted by Gasteiger charge is 2.21. The number of aryl methyl sites for hydroxylation is 1. The number of aromatic nitrogens is 2. The van der Waals surface area contributed by atoms with E-state index in [4.69, 9.17) is 5.26 Å². The zero-order valence-electron chi connectivity index (χ0n) is 11.0. The molecule has 1 aromatic heterocycles. The molecule has 1 fully saturated rings. The van der Waals surface area contributed by atoms with Crippen molar-refractivity contribution in [1.82, 2.24) is 19.8 Å². The molecular formula is C13H17N5O. The van der Waals surface area contributed by atoms with Crippen molar-refractivity contribution in [2.75, 3.05) is 26.7 Å². The maximum atomic E-state index is 11.8. The van der Waals surface area contributed by atoms with Crippen LogP contribution in [0.15, 0.2) is 12.4 Å². The lowest BCUT2D eigenvalue weighted by Crippen LogP contribution is -2.47. The molecule has 1 saturated heterocycles. The van der Waals surface area contributed by atoms with Crippen LogP contribution in [0.1, 0.15) is 24.2 Å². The van der Waals surface area contributed by atoms with Crippen molar-refractivity contribution in [3.63, 3.8) is 0 Å². The molecule has 1 aromatic rings. The van der Waals surface area contributed by atoms with E-state index in [0.29, 0.717) is 5.56 Å². The third-order valence-corrected chi connectivity index (χ3v) is 3.18. The van der Waals surface area contributed by atoms with Crippen LogP contribution in [0.4, 0.5) is 4.79 Å². The van der Waals surface area contributed by atoms with Gasteiger partial charge in [0.15, 0.2) is 0 Å². The van der Waals surface area contributed by atoms with Gasteiger partial charge in [-0.3, -0.25) is 0 Å². The van der Waals surface area contributed by atoms with Gasteiger partial charge in [0, 0.05) is 45.5 Å². The Morgan fingerprint density at radius 3 is 2.79 bits per heavy atom. The van der Waals surface area contributed by atoms with Gasteiger partial charge in [-0.05, 0) is 12.8 Å². The number of nitrogens with zero attached hydrogens (tertiary/aromatic N) is 5. The number of carbonyl (C=O) groups excluding carboxylic acids is 1. The number of urea groups is 1. The van der Waals surface area contributed by atoms with E-state index in [1.807, 2.05) is 18.0 Å². The second-order valence-corrected chi connectivity index (χ2v) is 4.65. The summed E-state index contributed by atoms with van der Waals surface area (Å²) in [5.74, 6) is 0.719. The summed E-state index contributed by atoms with van der Waals surface area (Å²) < 4.78 is 0. The highest BCUT2D eigenvalue weighted by molar-refractivity contribution is 5.74. The Morgan fingerprint density at radius 2 is 2.11 bits per heavy atom. The second-order valence-electron chi connectivity index (χ2n) is 4.65. The van der Waals surface area contributed by atoms with Gasteiger partial charge in [-0.2, -0.15) is 5.26 Å². The molecule has 0 spiro atoms. The maximum absolute atomic E-state index is 11.8. The van der Waals surface area contributed by atoms with Crippen molar-refractivity contribution in [2.24, 2.45) is 0 Å². The van der Waals surface area contributed by atoms with E-state index in [0.717, 1.165) is 44.7 Å². The van der Waals surface area contributed by atoms with Gasteiger partial charge in [0.2, 0.25) is 0 Å². The molecule has 2 amide bonds. The highest BCUT2D eigenvalue weighted by atomic mass is 16.2. The molecule has 0 N–H and O–H groups in total. The molecule has 0 unspecified atom stereocenters. The number of nitriles is 1. The minimum Gasteiger partial charge on any atom is -0.328 e. The van der Waals surface area contributed by atoms with Crippen molar-refractivity contribution in [3.05, 3.63) is 23.8 Å².